The Morgan fingerprint density at radius 2 is 2.19 bits per heavy atom. The van der Waals surface area contributed by atoms with Crippen molar-refractivity contribution in [3.05, 3.63) is 0 Å². The third-order valence-corrected chi connectivity index (χ3v) is 2.56. The monoisotopic (exact) mass is 231 g/mol. The fraction of sp³-hybridized carbons (Fsp3) is 0.909. The van der Waals surface area contributed by atoms with Crippen LogP contribution >= 0.6 is 0 Å². The van der Waals surface area contributed by atoms with Crippen LogP contribution in [0.3, 0.4) is 0 Å². The van der Waals surface area contributed by atoms with Crippen LogP contribution in [0.25, 0.3) is 0 Å². The Bertz CT molecular complexity index is 249. The molecular weight excluding hydrogens is 210 g/mol. The summed E-state index contributed by atoms with van der Waals surface area (Å²) in [5, 5.41) is 18.5. The minimum atomic E-state index is -0.880. The van der Waals surface area contributed by atoms with E-state index in [4.69, 9.17) is 9.84 Å². The molecule has 0 aromatic rings. The van der Waals surface area contributed by atoms with E-state index in [0.717, 1.165) is 6.42 Å². The van der Waals surface area contributed by atoms with Crippen LogP contribution in [-0.4, -0.2) is 52.1 Å². The van der Waals surface area contributed by atoms with Crippen LogP contribution in [0.5, 0.6) is 0 Å². The van der Waals surface area contributed by atoms with Gasteiger partial charge >= 0.3 is 6.09 Å². The average Bonchev–Trinajstić information content (AvgIpc) is 2.62. The molecule has 5 heteroatoms. The summed E-state index contributed by atoms with van der Waals surface area (Å²) in [6.07, 6.45) is 0.250. The number of carbonyl (C=O) groups is 1. The molecule has 1 heterocycles. The molecular formula is C11H21NO4. The van der Waals surface area contributed by atoms with E-state index in [2.05, 4.69) is 0 Å². The minimum Gasteiger partial charge on any atom is -0.444 e. The van der Waals surface area contributed by atoms with E-state index < -0.39 is 17.8 Å². The van der Waals surface area contributed by atoms with Crippen molar-refractivity contribution in [1.82, 2.24) is 4.90 Å². The zero-order chi connectivity index (χ0) is 12.3. The van der Waals surface area contributed by atoms with Crippen LogP contribution in [0, 0.1) is 0 Å². The fourth-order valence-electron chi connectivity index (χ4n) is 1.86. The summed E-state index contributed by atoms with van der Waals surface area (Å²) >= 11 is 0. The molecule has 2 unspecified atom stereocenters. The van der Waals surface area contributed by atoms with Gasteiger partial charge in [-0.25, -0.2) is 4.79 Å². The van der Waals surface area contributed by atoms with Crippen molar-refractivity contribution < 1.29 is 19.7 Å². The maximum atomic E-state index is 11.8. The van der Waals surface area contributed by atoms with Gasteiger partial charge in [0.2, 0.25) is 0 Å². The third kappa shape index (κ3) is 3.35. The van der Waals surface area contributed by atoms with Gasteiger partial charge in [0.1, 0.15) is 5.60 Å². The maximum absolute atomic E-state index is 11.8. The Kier molecular flexibility index (Phi) is 4.15. The first-order valence-corrected chi connectivity index (χ1v) is 5.63. The van der Waals surface area contributed by atoms with Gasteiger partial charge in [0.25, 0.3) is 0 Å². The molecule has 2 N–H and O–H groups in total. The van der Waals surface area contributed by atoms with Crippen LogP contribution in [0.15, 0.2) is 0 Å². The lowest BCUT2D eigenvalue weighted by Crippen LogP contribution is -2.46. The van der Waals surface area contributed by atoms with E-state index in [0.29, 0.717) is 13.0 Å². The Balaban J connectivity index is 2.61. The number of ether oxygens (including phenoxy) is 1. The quantitative estimate of drug-likeness (QED) is 0.735. The summed E-state index contributed by atoms with van der Waals surface area (Å²) in [5.41, 5.74) is -0.533. The van der Waals surface area contributed by atoms with E-state index in [9.17, 15) is 9.90 Å². The van der Waals surface area contributed by atoms with Crippen LogP contribution in [0.1, 0.15) is 33.6 Å². The van der Waals surface area contributed by atoms with Crippen molar-refractivity contribution in [2.45, 2.75) is 51.4 Å². The molecule has 0 radical (unpaired) electrons. The van der Waals surface area contributed by atoms with Crippen LogP contribution in [-0.2, 0) is 4.74 Å². The van der Waals surface area contributed by atoms with Gasteiger partial charge in [0, 0.05) is 6.54 Å². The highest BCUT2D eigenvalue weighted by Crippen LogP contribution is 2.22. The van der Waals surface area contributed by atoms with Crippen molar-refractivity contribution in [3.8, 4) is 0 Å². The molecule has 0 aromatic carbocycles. The highest BCUT2D eigenvalue weighted by atomic mass is 16.6. The molecule has 1 aliphatic heterocycles. The second-order valence-electron chi connectivity index (χ2n) is 5.13. The topological polar surface area (TPSA) is 70.0 Å². The molecule has 5 nitrogen and oxygen atoms in total. The second-order valence-corrected chi connectivity index (χ2v) is 5.13. The first kappa shape index (κ1) is 13.3. The molecule has 16 heavy (non-hydrogen) atoms. The Morgan fingerprint density at radius 3 is 2.69 bits per heavy atom. The number of carbonyl (C=O) groups excluding carboxylic acids is 1. The van der Waals surface area contributed by atoms with E-state index in [1.165, 1.54) is 4.90 Å². The smallest absolute Gasteiger partial charge is 0.410 e. The Labute approximate surface area is 96.0 Å². The Morgan fingerprint density at radius 1 is 1.56 bits per heavy atom. The van der Waals surface area contributed by atoms with E-state index in [1.54, 1.807) is 20.8 Å². The SMILES string of the molecule is CC(C)(C)OC(=O)N1CCCC1C(O)CO. The second kappa shape index (κ2) is 5.01. The summed E-state index contributed by atoms with van der Waals surface area (Å²) in [4.78, 5) is 13.3. The number of hydrogen-bond acceptors (Lipinski definition) is 4. The number of aliphatic hydroxyl groups is 2. The fourth-order valence-corrected chi connectivity index (χ4v) is 1.86. The lowest BCUT2D eigenvalue weighted by molar-refractivity contribution is -0.00623. The molecule has 1 fully saturated rings. The van der Waals surface area contributed by atoms with Gasteiger partial charge in [-0.15, -0.1) is 0 Å². The van der Waals surface area contributed by atoms with Gasteiger partial charge in [-0.2, -0.15) is 0 Å². The molecule has 0 aromatic heterocycles. The number of amides is 1. The van der Waals surface area contributed by atoms with Crippen molar-refractivity contribution in [3.63, 3.8) is 0 Å². The molecule has 1 rings (SSSR count). The van der Waals surface area contributed by atoms with Gasteiger partial charge in [0.05, 0.1) is 18.8 Å². The van der Waals surface area contributed by atoms with Crippen molar-refractivity contribution in [1.29, 1.82) is 0 Å². The zero-order valence-electron chi connectivity index (χ0n) is 10.1. The van der Waals surface area contributed by atoms with E-state index in [1.807, 2.05) is 0 Å². The van der Waals surface area contributed by atoms with E-state index in [-0.39, 0.29) is 12.6 Å². The Hall–Kier alpha value is -0.810. The third-order valence-electron chi connectivity index (χ3n) is 2.56. The van der Waals surface area contributed by atoms with Gasteiger partial charge in [0.15, 0.2) is 0 Å². The number of rotatable bonds is 2. The molecule has 94 valence electrons. The van der Waals surface area contributed by atoms with Crippen molar-refractivity contribution in [2.24, 2.45) is 0 Å². The first-order valence-electron chi connectivity index (χ1n) is 5.63. The van der Waals surface area contributed by atoms with Crippen LogP contribution in [0.2, 0.25) is 0 Å². The molecule has 0 spiro atoms. The number of nitrogens with zero attached hydrogens (tertiary/aromatic N) is 1. The van der Waals surface area contributed by atoms with E-state index >= 15 is 0 Å². The molecule has 1 amide bonds. The van der Waals surface area contributed by atoms with Crippen molar-refractivity contribution in [2.75, 3.05) is 13.2 Å². The summed E-state index contributed by atoms with van der Waals surface area (Å²) < 4.78 is 5.24. The lowest BCUT2D eigenvalue weighted by atomic mass is 10.1. The van der Waals surface area contributed by atoms with Crippen LogP contribution in [0.4, 0.5) is 4.79 Å². The maximum Gasteiger partial charge on any atom is 0.410 e. The van der Waals surface area contributed by atoms with Gasteiger partial charge < -0.3 is 19.8 Å². The van der Waals surface area contributed by atoms with Gasteiger partial charge in [-0.1, -0.05) is 0 Å². The summed E-state index contributed by atoms with van der Waals surface area (Å²) in [7, 11) is 0. The first-order chi connectivity index (χ1) is 7.35. The summed E-state index contributed by atoms with van der Waals surface area (Å²) in [6, 6.07) is -0.320. The van der Waals surface area contributed by atoms with Crippen molar-refractivity contribution >= 4 is 6.09 Å². The normalized spacial score (nSPS) is 23.3. The van der Waals surface area contributed by atoms with Gasteiger partial charge in [-0.3, -0.25) is 0 Å². The zero-order valence-corrected chi connectivity index (χ0v) is 10.1. The molecule has 1 saturated heterocycles. The number of likely N-dealkylation sites (tertiary alicyclic amines) is 1. The summed E-state index contributed by atoms with van der Waals surface area (Å²) in [5.74, 6) is 0. The highest BCUT2D eigenvalue weighted by Gasteiger charge is 2.35. The standard InChI is InChI=1S/C11H21NO4/c1-11(2,3)16-10(15)12-6-4-5-8(12)9(14)7-13/h8-9,13-14H,4-7H2,1-3H3. The molecule has 0 saturated carbocycles. The average molecular weight is 231 g/mol. The number of hydrogen-bond donors (Lipinski definition) is 2. The predicted molar refractivity (Wildman–Crippen MR) is 59.1 cm³/mol. The minimum absolute atomic E-state index is 0.320. The van der Waals surface area contributed by atoms with Crippen LogP contribution < -0.4 is 0 Å². The summed E-state index contributed by atoms with van der Waals surface area (Å²) in [6.45, 7) is 5.66. The molecule has 1 aliphatic rings. The number of aliphatic hydroxyl groups excluding tert-OH is 2. The molecule has 0 bridgehead atoms. The largest absolute Gasteiger partial charge is 0.444 e. The lowest BCUT2D eigenvalue weighted by Gasteiger charge is -2.30. The molecule has 0 aliphatic carbocycles. The molecule has 2 atom stereocenters. The highest BCUT2D eigenvalue weighted by molar-refractivity contribution is 5.69. The predicted octanol–water partition coefficient (Wildman–Crippen LogP) is 0.739. The van der Waals surface area contributed by atoms with Gasteiger partial charge in [-0.05, 0) is 33.6 Å².